The summed E-state index contributed by atoms with van der Waals surface area (Å²) in [5.74, 6) is 2.71. The number of nitrogens with two attached hydrogens (primary N) is 1. The molecule has 4 aromatic rings. The van der Waals surface area contributed by atoms with E-state index in [9.17, 15) is 10.5 Å². The number of amides is 1. The van der Waals surface area contributed by atoms with E-state index >= 15 is 0 Å². The third-order valence-corrected chi connectivity index (χ3v) is 7.71. The molecule has 1 aromatic heterocycles. The van der Waals surface area contributed by atoms with Crippen molar-refractivity contribution in [1.82, 2.24) is 20.5 Å². The lowest BCUT2D eigenvalue weighted by Gasteiger charge is -2.19. The summed E-state index contributed by atoms with van der Waals surface area (Å²) in [6.45, 7) is 7.64. The first-order valence-corrected chi connectivity index (χ1v) is 16.2. The number of aromatic nitrogens is 1. The van der Waals surface area contributed by atoms with Gasteiger partial charge in [0.2, 0.25) is 6.41 Å². The van der Waals surface area contributed by atoms with Gasteiger partial charge in [-0.25, -0.2) is 0 Å². The lowest BCUT2D eigenvalue weighted by atomic mass is 9.96. The van der Waals surface area contributed by atoms with E-state index in [0.29, 0.717) is 53.9 Å². The number of likely N-dealkylation sites (N-methyl/N-ethyl adjacent to an activating group) is 1. The van der Waals surface area contributed by atoms with Crippen LogP contribution in [0.1, 0.15) is 33.4 Å². The van der Waals surface area contributed by atoms with E-state index in [2.05, 4.69) is 58.6 Å². The van der Waals surface area contributed by atoms with E-state index in [1.54, 1.807) is 12.3 Å². The van der Waals surface area contributed by atoms with Crippen LogP contribution in [0.2, 0.25) is 0 Å². The van der Waals surface area contributed by atoms with E-state index in [1.807, 2.05) is 49.4 Å². The number of pyridine rings is 1. The number of aryl methyl sites for hydroxylation is 1. The summed E-state index contributed by atoms with van der Waals surface area (Å²) in [5, 5.41) is 26.4. The van der Waals surface area contributed by atoms with Crippen molar-refractivity contribution in [1.29, 1.82) is 10.5 Å². The van der Waals surface area contributed by atoms with Crippen LogP contribution in [0.4, 0.5) is 0 Å². The van der Waals surface area contributed by atoms with Gasteiger partial charge in [-0.2, -0.15) is 10.5 Å². The highest BCUT2D eigenvalue weighted by molar-refractivity contribution is 5.74. The first-order valence-electron chi connectivity index (χ1n) is 16.2. The van der Waals surface area contributed by atoms with Gasteiger partial charge in [0, 0.05) is 67.9 Å². The summed E-state index contributed by atoms with van der Waals surface area (Å²) in [6, 6.07) is 21.8. The molecule has 0 bridgehead atoms. The lowest BCUT2D eigenvalue weighted by Crippen LogP contribution is -2.32. The molecule has 50 heavy (non-hydrogen) atoms. The van der Waals surface area contributed by atoms with Gasteiger partial charge in [0.1, 0.15) is 50.1 Å². The number of benzene rings is 3. The number of hydrogen-bond acceptors (Lipinski definition) is 11. The number of carbonyl (C=O) groups is 1. The number of rotatable bonds is 15. The Morgan fingerprint density at radius 1 is 0.900 bits per heavy atom. The summed E-state index contributed by atoms with van der Waals surface area (Å²) in [6.07, 6.45) is 3.48. The average Bonchev–Trinajstić information content (AvgIpc) is 3.13. The molecule has 5 rings (SSSR count). The van der Waals surface area contributed by atoms with Crippen LogP contribution in [0.15, 0.2) is 67.0 Å². The van der Waals surface area contributed by atoms with Crippen LogP contribution >= 0.6 is 0 Å². The van der Waals surface area contributed by atoms with Crippen molar-refractivity contribution in [3.05, 3.63) is 100 Å². The number of nitrogens with zero attached hydrogens (tertiary/aromatic N) is 4. The van der Waals surface area contributed by atoms with Gasteiger partial charge in [0.25, 0.3) is 0 Å². The second kappa shape index (κ2) is 19.4. The smallest absolute Gasteiger partial charge is 0.204 e. The Bertz CT molecular complexity index is 1820. The fourth-order valence-electron chi connectivity index (χ4n) is 5.23. The van der Waals surface area contributed by atoms with Gasteiger partial charge >= 0.3 is 0 Å². The summed E-state index contributed by atoms with van der Waals surface area (Å²) in [4.78, 5) is 14.9. The maximum absolute atomic E-state index is 10.2. The van der Waals surface area contributed by atoms with Crippen LogP contribution in [-0.4, -0.2) is 69.8 Å². The third kappa shape index (κ3) is 10.7. The van der Waals surface area contributed by atoms with Crippen LogP contribution < -0.4 is 35.3 Å². The molecule has 1 amide bonds. The SMILES string of the molecule is Cc1cc(CNCCNCCN(C)C)c(OCc2cncc(C#N)c2)cc1OCc1cccc(-c2ccc3c(c2)OCCO3)c1C#N.NC=O. The minimum absolute atomic E-state index is 0.200. The van der Waals surface area contributed by atoms with Gasteiger partial charge in [-0.3, -0.25) is 9.78 Å². The predicted octanol–water partition coefficient (Wildman–Crippen LogP) is 4.07. The van der Waals surface area contributed by atoms with Crippen LogP contribution in [0, 0.1) is 29.6 Å². The molecule has 3 aromatic carbocycles. The fraction of sp³-hybridized carbons (Fsp3) is 0.316. The van der Waals surface area contributed by atoms with Crippen molar-refractivity contribution in [3.8, 4) is 46.3 Å². The molecule has 2 heterocycles. The van der Waals surface area contributed by atoms with Gasteiger partial charge in [-0.15, -0.1) is 0 Å². The van der Waals surface area contributed by atoms with Gasteiger partial charge in [-0.05, 0) is 62.0 Å². The highest BCUT2D eigenvalue weighted by Gasteiger charge is 2.17. The summed E-state index contributed by atoms with van der Waals surface area (Å²) >= 11 is 0. The summed E-state index contributed by atoms with van der Waals surface area (Å²) < 4.78 is 24.1. The Morgan fingerprint density at radius 2 is 1.66 bits per heavy atom. The van der Waals surface area contributed by atoms with Gasteiger partial charge < -0.3 is 40.2 Å². The Labute approximate surface area is 293 Å². The zero-order valence-corrected chi connectivity index (χ0v) is 28.7. The number of hydrogen-bond donors (Lipinski definition) is 3. The Hall–Kier alpha value is -5.66. The molecule has 0 spiro atoms. The van der Waals surface area contributed by atoms with E-state index in [4.69, 9.17) is 23.7 Å². The minimum Gasteiger partial charge on any atom is -0.488 e. The first-order chi connectivity index (χ1) is 24.4. The number of nitriles is 2. The molecule has 260 valence electrons. The first kappa shape index (κ1) is 37.2. The molecule has 0 radical (unpaired) electrons. The molecule has 0 saturated heterocycles. The largest absolute Gasteiger partial charge is 0.488 e. The fourth-order valence-corrected chi connectivity index (χ4v) is 5.23. The van der Waals surface area contributed by atoms with Crippen molar-refractivity contribution < 1.29 is 23.7 Å². The van der Waals surface area contributed by atoms with Crippen molar-refractivity contribution >= 4 is 6.41 Å². The van der Waals surface area contributed by atoms with E-state index < -0.39 is 0 Å². The van der Waals surface area contributed by atoms with Crippen LogP contribution in [0.25, 0.3) is 11.1 Å². The molecule has 0 atom stereocenters. The number of nitrogens with one attached hydrogen (secondary N) is 2. The van der Waals surface area contributed by atoms with Crippen LogP contribution in [0.5, 0.6) is 23.0 Å². The van der Waals surface area contributed by atoms with E-state index in [1.165, 1.54) is 6.20 Å². The highest BCUT2D eigenvalue weighted by atomic mass is 16.6. The van der Waals surface area contributed by atoms with Crippen molar-refractivity contribution in [2.24, 2.45) is 5.73 Å². The van der Waals surface area contributed by atoms with Gasteiger partial charge in [0.15, 0.2) is 11.5 Å². The quantitative estimate of drug-likeness (QED) is 0.123. The van der Waals surface area contributed by atoms with Crippen LogP contribution in [-0.2, 0) is 24.6 Å². The minimum atomic E-state index is 0.200. The number of primary amides is 1. The Morgan fingerprint density at radius 3 is 2.42 bits per heavy atom. The molecule has 0 aliphatic carbocycles. The van der Waals surface area contributed by atoms with Gasteiger partial charge in [0.05, 0.1) is 11.1 Å². The van der Waals surface area contributed by atoms with Crippen molar-refractivity contribution in [3.63, 3.8) is 0 Å². The Kier molecular flexibility index (Phi) is 14.4. The monoisotopic (exact) mass is 677 g/mol. The number of ether oxygens (including phenoxy) is 4. The second-order valence-electron chi connectivity index (χ2n) is 11.7. The standard InChI is InChI=1S/C37H40N6O4.CH3NO/c1-26-15-31(23-41-10-9-40-11-12-43(2)3)36(46-24-28-16-27(19-38)21-42-22-28)18-35(26)47-25-30-5-4-6-32(33(30)20-39)29-7-8-34-37(17-29)45-14-13-44-34;2-1-3/h4-8,15-18,21-22,40-41H,9-14,23-25H2,1-3H3;1H,(H2,2,3). The molecule has 4 N–H and O–H groups in total. The van der Waals surface area contributed by atoms with Gasteiger partial charge in [-0.1, -0.05) is 24.3 Å². The summed E-state index contributed by atoms with van der Waals surface area (Å²) in [5.41, 5.74) is 10.4. The molecular weight excluding hydrogens is 634 g/mol. The zero-order valence-electron chi connectivity index (χ0n) is 28.7. The Balaban J connectivity index is 0.00000181. The predicted molar refractivity (Wildman–Crippen MR) is 190 cm³/mol. The average molecular weight is 678 g/mol. The van der Waals surface area contributed by atoms with E-state index in [0.717, 1.165) is 59.6 Å². The maximum Gasteiger partial charge on any atom is 0.204 e. The molecule has 0 fully saturated rings. The lowest BCUT2D eigenvalue weighted by molar-refractivity contribution is -0.106. The molecule has 1 aliphatic rings. The molecule has 12 nitrogen and oxygen atoms in total. The molecule has 0 unspecified atom stereocenters. The topological polar surface area (TPSA) is 168 Å². The highest BCUT2D eigenvalue weighted by Crippen LogP contribution is 2.37. The zero-order chi connectivity index (χ0) is 35.7. The maximum atomic E-state index is 10.2. The second-order valence-corrected chi connectivity index (χ2v) is 11.7. The van der Waals surface area contributed by atoms with E-state index in [-0.39, 0.29) is 19.6 Å². The molecule has 12 heteroatoms. The molecular formula is C38H43N7O5. The van der Waals surface area contributed by atoms with Crippen LogP contribution in [0.3, 0.4) is 0 Å². The normalized spacial score (nSPS) is 11.5. The number of fused-ring (bicyclic) bond motifs is 1. The number of carbonyl (C=O) groups excluding carboxylic acids is 1. The molecule has 1 aliphatic heterocycles. The third-order valence-electron chi connectivity index (χ3n) is 7.71. The van der Waals surface area contributed by atoms with Crippen molar-refractivity contribution in [2.45, 2.75) is 26.7 Å². The summed E-state index contributed by atoms with van der Waals surface area (Å²) in [7, 11) is 4.12. The molecule has 0 saturated carbocycles. The van der Waals surface area contributed by atoms with Crippen molar-refractivity contribution in [2.75, 3.05) is 53.5 Å².